The van der Waals surface area contributed by atoms with Gasteiger partial charge in [0, 0.05) is 17.6 Å². The lowest BCUT2D eigenvalue weighted by Crippen LogP contribution is -2.28. The van der Waals surface area contributed by atoms with Crippen LogP contribution in [0.4, 0.5) is 0 Å². The summed E-state index contributed by atoms with van der Waals surface area (Å²) in [6.07, 6.45) is 1.07. The Morgan fingerprint density at radius 3 is 2.62 bits per heavy atom. The Kier molecular flexibility index (Phi) is 5.53. The predicted octanol–water partition coefficient (Wildman–Crippen LogP) is 4.72. The molecule has 0 bridgehead atoms. The van der Waals surface area contributed by atoms with Gasteiger partial charge in [-0.1, -0.05) is 11.6 Å². The second-order valence-electron chi connectivity index (χ2n) is 5.80. The highest BCUT2D eigenvalue weighted by atomic mass is 35.5. The topological polar surface area (TPSA) is 21.1 Å². The molecule has 1 heterocycles. The van der Waals surface area contributed by atoms with Gasteiger partial charge in [-0.3, -0.25) is 0 Å². The third-order valence-corrected chi connectivity index (χ3v) is 4.30. The molecule has 0 aliphatic heterocycles. The van der Waals surface area contributed by atoms with E-state index in [0.29, 0.717) is 11.1 Å². The van der Waals surface area contributed by atoms with Crippen LogP contribution in [0.2, 0.25) is 5.02 Å². The van der Waals surface area contributed by atoms with E-state index in [1.54, 1.807) is 0 Å². The van der Waals surface area contributed by atoms with Crippen molar-refractivity contribution in [1.29, 1.82) is 0 Å². The molecule has 2 aromatic rings. The van der Waals surface area contributed by atoms with Crippen LogP contribution in [0.3, 0.4) is 0 Å². The fraction of sp³-hybridized carbons (Fsp3) is 0.562. The summed E-state index contributed by atoms with van der Waals surface area (Å²) in [5.41, 5.74) is 2.02. The first-order valence-corrected chi connectivity index (χ1v) is 8.21. The summed E-state index contributed by atoms with van der Waals surface area (Å²) >= 11 is 12.3. The number of hydrogen-bond donors (Lipinski definition) is 0. The lowest BCUT2D eigenvalue weighted by Gasteiger charge is -2.21. The van der Waals surface area contributed by atoms with Crippen molar-refractivity contribution in [3.8, 4) is 0 Å². The minimum absolute atomic E-state index is 0.112. The third-order valence-electron chi connectivity index (χ3n) is 3.87. The van der Waals surface area contributed by atoms with Crippen molar-refractivity contribution in [2.24, 2.45) is 0 Å². The first kappa shape index (κ1) is 16.6. The van der Waals surface area contributed by atoms with Crippen LogP contribution in [0.5, 0.6) is 0 Å². The van der Waals surface area contributed by atoms with Gasteiger partial charge >= 0.3 is 0 Å². The molecule has 1 unspecified atom stereocenters. The van der Waals surface area contributed by atoms with E-state index in [1.807, 2.05) is 25.1 Å². The van der Waals surface area contributed by atoms with Gasteiger partial charge in [0.05, 0.1) is 16.4 Å². The number of fused-ring (bicyclic) bond motifs is 1. The lowest BCUT2D eigenvalue weighted by molar-refractivity contribution is 0.265. The lowest BCUT2D eigenvalue weighted by atomic mass is 10.3. The SMILES string of the molecule is CC(Cl)c1nc2cc(Cl)ccc2n1CCCN(C)C(C)C. The molecule has 1 aromatic carbocycles. The molecule has 0 fully saturated rings. The number of halogens is 2. The molecular weight excluding hydrogens is 305 g/mol. The Morgan fingerprint density at radius 1 is 1.29 bits per heavy atom. The Hall–Kier alpha value is -0.770. The fourth-order valence-electron chi connectivity index (χ4n) is 2.40. The average molecular weight is 328 g/mol. The summed E-state index contributed by atoms with van der Waals surface area (Å²) in [7, 11) is 2.15. The molecule has 3 nitrogen and oxygen atoms in total. The first-order chi connectivity index (χ1) is 9.90. The largest absolute Gasteiger partial charge is 0.327 e. The molecule has 0 radical (unpaired) electrons. The van der Waals surface area contributed by atoms with Crippen LogP contribution in [0.25, 0.3) is 11.0 Å². The minimum atomic E-state index is -0.112. The maximum absolute atomic E-state index is 6.28. The molecule has 1 atom stereocenters. The van der Waals surface area contributed by atoms with E-state index < -0.39 is 0 Å². The van der Waals surface area contributed by atoms with Crippen molar-refractivity contribution in [3.05, 3.63) is 29.0 Å². The van der Waals surface area contributed by atoms with Gasteiger partial charge in [0.1, 0.15) is 5.82 Å². The number of rotatable bonds is 6. The van der Waals surface area contributed by atoms with Gasteiger partial charge in [0.15, 0.2) is 0 Å². The summed E-state index contributed by atoms with van der Waals surface area (Å²) in [6, 6.07) is 6.40. The number of aryl methyl sites for hydroxylation is 1. The van der Waals surface area contributed by atoms with E-state index in [9.17, 15) is 0 Å². The van der Waals surface area contributed by atoms with Crippen LogP contribution in [0.15, 0.2) is 18.2 Å². The Balaban J connectivity index is 2.22. The second kappa shape index (κ2) is 6.99. The zero-order valence-corrected chi connectivity index (χ0v) is 14.6. The molecule has 116 valence electrons. The zero-order valence-electron chi connectivity index (χ0n) is 13.1. The minimum Gasteiger partial charge on any atom is -0.327 e. The van der Waals surface area contributed by atoms with Crippen molar-refractivity contribution >= 4 is 34.2 Å². The highest BCUT2D eigenvalue weighted by Gasteiger charge is 2.15. The Labute approximate surface area is 136 Å². The van der Waals surface area contributed by atoms with Crippen LogP contribution >= 0.6 is 23.2 Å². The van der Waals surface area contributed by atoms with Crippen molar-refractivity contribution in [3.63, 3.8) is 0 Å². The predicted molar refractivity (Wildman–Crippen MR) is 91.4 cm³/mol. The van der Waals surface area contributed by atoms with E-state index in [2.05, 4.69) is 35.3 Å². The molecule has 0 N–H and O–H groups in total. The number of nitrogens with zero attached hydrogens (tertiary/aromatic N) is 3. The van der Waals surface area contributed by atoms with Gasteiger partial charge in [0.2, 0.25) is 0 Å². The maximum atomic E-state index is 6.28. The van der Waals surface area contributed by atoms with Crippen LogP contribution in [0, 0.1) is 0 Å². The molecule has 21 heavy (non-hydrogen) atoms. The molecule has 0 spiro atoms. The van der Waals surface area contributed by atoms with Gasteiger partial charge < -0.3 is 9.47 Å². The van der Waals surface area contributed by atoms with Crippen molar-refractivity contribution in [2.75, 3.05) is 13.6 Å². The molecule has 0 aliphatic rings. The number of imidazole rings is 1. The van der Waals surface area contributed by atoms with Crippen LogP contribution in [0.1, 0.15) is 38.4 Å². The summed E-state index contributed by atoms with van der Waals surface area (Å²) in [5, 5.41) is 0.597. The van der Waals surface area contributed by atoms with E-state index in [-0.39, 0.29) is 5.38 Å². The fourth-order valence-corrected chi connectivity index (χ4v) is 2.73. The quantitative estimate of drug-likeness (QED) is 0.716. The number of hydrogen-bond acceptors (Lipinski definition) is 2. The van der Waals surface area contributed by atoms with Crippen LogP contribution in [-0.2, 0) is 6.54 Å². The highest BCUT2D eigenvalue weighted by molar-refractivity contribution is 6.31. The number of benzene rings is 1. The molecular formula is C16H23Cl2N3. The smallest absolute Gasteiger partial charge is 0.127 e. The second-order valence-corrected chi connectivity index (χ2v) is 6.89. The van der Waals surface area contributed by atoms with Gasteiger partial charge in [-0.15, -0.1) is 11.6 Å². The molecule has 0 aliphatic carbocycles. The summed E-state index contributed by atoms with van der Waals surface area (Å²) < 4.78 is 2.22. The third kappa shape index (κ3) is 3.91. The van der Waals surface area contributed by atoms with E-state index in [0.717, 1.165) is 36.4 Å². The number of aromatic nitrogens is 2. The first-order valence-electron chi connectivity index (χ1n) is 7.40. The standard InChI is InChI=1S/C16H23Cl2N3/c1-11(2)20(4)8-5-9-21-15-7-6-13(18)10-14(15)19-16(21)12(3)17/h6-7,10-12H,5,8-9H2,1-4H3. The van der Waals surface area contributed by atoms with E-state index in [1.165, 1.54) is 0 Å². The summed E-state index contributed by atoms with van der Waals surface area (Å²) in [5.74, 6) is 0.918. The van der Waals surface area contributed by atoms with E-state index >= 15 is 0 Å². The average Bonchev–Trinajstić information content (AvgIpc) is 2.76. The van der Waals surface area contributed by atoms with Gasteiger partial charge in [-0.25, -0.2) is 4.98 Å². The summed E-state index contributed by atoms with van der Waals surface area (Å²) in [6.45, 7) is 8.35. The number of alkyl halides is 1. The van der Waals surface area contributed by atoms with Crippen LogP contribution in [-0.4, -0.2) is 34.1 Å². The molecule has 0 saturated carbocycles. The summed E-state index contributed by atoms with van der Waals surface area (Å²) in [4.78, 5) is 6.99. The van der Waals surface area contributed by atoms with Gasteiger partial charge in [0.25, 0.3) is 0 Å². The van der Waals surface area contributed by atoms with Crippen LogP contribution < -0.4 is 0 Å². The Bertz CT molecular complexity index is 605. The maximum Gasteiger partial charge on any atom is 0.127 e. The molecule has 0 saturated heterocycles. The van der Waals surface area contributed by atoms with Gasteiger partial charge in [-0.2, -0.15) is 0 Å². The van der Waals surface area contributed by atoms with E-state index in [4.69, 9.17) is 23.2 Å². The van der Waals surface area contributed by atoms with Crippen molar-refractivity contribution in [2.45, 2.75) is 45.2 Å². The Morgan fingerprint density at radius 2 is 2.00 bits per heavy atom. The van der Waals surface area contributed by atoms with Crippen molar-refractivity contribution in [1.82, 2.24) is 14.5 Å². The molecule has 0 amide bonds. The normalized spacial score (nSPS) is 13.5. The molecule has 2 rings (SSSR count). The zero-order chi connectivity index (χ0) is 15.6. The molecule has 5 heteroatoms. The monoisotopic (exact) mass is 327 g/mol. The molecule has 1 aromatic heterocycles. The van der Waals surface area contributed by atoms with Crippen molar-refractivity contribution < 1.29 is 0 Å². The van der Waals surface area contributed by atoms with Gasteiger partial charge in [-0.05, 0) is 59.0 Å². The highest BCUT2D eigenvalue weighted by Crippen LogP contribution is 2.26.